The lowest BCUT2D eigenvalue weighted by Crippen LogP contribution is -1.97. The molecule has 0 amide bonds. The SMILES string of the molecule is c1cnc2c(c1)CSc1ccccc1-2. The van der Waals surface area contributed by atoms with Crippen molar-refractivity contribution in [2.24, 2.45) is 0 Å². The van der Waals surface area contributed by atoms with Gasteiger partial charge in [-0.1, -0.05) is 24.3 Å². The normalized spacial score (nSPS) is 13.1. The molecule has 0 bridgehead atoms. The summed E-state index contributed by atoms with van der Waals surface area (Å²) in [6.07, 6.45) is 1.87. The van der Waals surface area contributed by atoms with E-state index in [0.29, 0.717) is 0 Å². The molecule has 1 aromatic carbocycles. The summed E-state index contributed by atoms with van der Waals surface area (Å²) in [5.74, 6) is 1.04. The van der Waals surface area contributed by atoms with Gasteiger partial charge in [-0.3, -0.25) is 4.98 Å². The molecule has 1 aliphatic rings. The van der Waals surface area contributed by atoms with Crippen molar-refractivity contribution in [1.82, 2.24) is 4.98 Å². The van der Waals surface area contributed by atoms with Crippen LogP contribution in [0.2, 0.25) is 0 Å². The number of benzene rings is 1. The van der Waals surface area contributed by atoms with Crippen molar-refractivity contribution in [2.75, 3.05) is 0 Å². The smallest absolute Gasteiger partial charge is 0.0753 e. The molecule has 0 radical (unpaired) electrons. The van der Waals surface area contributed by atoms with E-state index in [0.717, 1.165) is 11.4 Å². The van der Waals surface area contributed by atoms with Gasteiger partial charge < -0.3 is 0 Å². The summed E-state index contributed by atoms with van der Waals surface area (Å²) >= 11 is 1.89. The van der Waals surface area contributed by atoms with Crippen molar-refractivity contribution in [3.8, 4) is 11.3 Å². The monoisotopic (exact) mass is 199 g/mol. The Labute approximate surface area is 87.2 Å². The van der Waals surface area contributed by atoms with Crippen LogP contribution < -0.4 is 0 Å². The second kappa shape index (κ2) is 3.14. The molecule has 14 heavy (non-hydrogen) atoms. The zero-order valence-electron chi connectivity index (χ0n) is 7.60. The predicted octanol–water partition coefficient (Wildman–Crippen LogP) is 3.35. The average Bonchev–Trinajstić information content (AvgIpc) is 2.29. The third kappa shape index (κ3) is 1.15. The summed E-state index contributed by atoms with van der Waals surface area (Å²) in [6.45, 7) is 0. The topological polar surface area (TPSA) is 12.9 Å². The Bertz CT molecular complexity index is 434. The van der Waals surface area contributed by atoms with Crippen molar-refractivity contribution < 1.29 is 0 Å². The molecular formula is C12H9NS. The van der Waals surface area contributed by atoms with Gasteiger partial charge in [0.2, 0.25) is 0 Å². The summed E-state index contributed by atoms with van der Waals surface area (Å²) in [7, 11) is 0. The third-order valence-corrected chi connectivity index (χ3v) is 3.54. The number of thioether (sulfide) groups is 1. The van der Waals surface area contributed by atoms with Gasteiger partial charge in [-0.25, -0.2) is 0 Å². The molecule has 2 aromatic rings. The van der Waals surface area contributed by atoms with Gasteiger partial charge in [0.25, 0.3) is 0 Å². The standard InChI is InChI=1S/C12H9NS/c1-2-6-11-10(5-1)12-9(8-14-11)4-3-7-13-12/h1-7H,8H2. The molecular weight excluding hydrogens is 190 g/mol. The highest BCUT2D eigenvalue weighted by Gasteiger charge is 2.15. The van der Waals surface area contributed by atoms with Gasteiger partial charge >= 0.3 is 0 Å². The zero-order chi connectivity index (χ0) is 9.38. The lowest BCUT2D eigenvalue weighted by Gasteiger charge is -2.17. The maximum atomic E-state index is 4.45. The Hall–Kier alpha value is -1.28. The summed E-state index contributed by atoms with van der Waals surface area (Å²) < 4.78 is 0. The zero-order valence-corrected chi connectivity index (χ0v) is 8.42. The van der Waals surface area contributed by atoms with Crippen LogP contribution in [0.3, 0.4) is 0 Å². The van der Waals surface area contributed by atoms with Gasteiger partial charge in [-0.15, -0.1) is 11.8 Å². The van der Waals surface area contributed by atoms with Crippen molar-refractivity contribution >= 4 is 11.8 Å². The van der Waals surface area contributed by atoms with E-state index in [4.69, 9.17) is 0 Å². The third-order valence-electron chi connectivity index (χ3n) is 2.42. The van der Waals surface area contributed by atoms with E-state index in [-0.39, 0.29) is 0 Å². The molecule has 0 saturated carbocycles. The number of hydrogen-bond donors (Lipinski definition) is 0. The van der Waals surface area contributed by atoms with Gasteiger partial charge in [0.05, 0.1) is 5.69 Å². The second-order valence-corrected chi connectivity index (χ2v) is 4.31. The predicted molar refractivity (Wildman–Crippen MR) is 59.2 cm³/mol. The van der Waals surface area contributed by atoms with E-state index < -0.39 is 0 Å². The number of aromatic nitrogens is 1. The summed E-state index contributed by atoms with van der Waals surface area (Å²) in [4.78, 5) is 5.79. The molecule has 0 atom stereocenters. The lowest BCUT2D eigenvalue weighted by molar-refractivity contribution is 1.21. The first-order chi connectivity index (χ1) is 6.95. The quantitative estimate of drug-likeness (QED) is 0.645. The van der Waals surface area contributed by atoms with E-state index in [9.17, 15) is 0 Å². The van der Waals surface area contributed by atoms with E-state index in [1.807, 2.05) is 24.0 Å². The molecule has 0 saturated heterocycles. The molecule has 1 aliphatic heterocycles. The fourth-order valence-electron chi connectivity index (χ4n) is 1.74. The fraction of sp³-hybridized carbons (Fsp3) is 0.0833. The van der Waals surface area contributed by atoms with Gasteiger partial charge in [-0.2, -0.15) is 0 Å². The van der Waals surface area contributed by atoms with Crippen molar-refractivity contribution in [2.45, 2.75) is 10.6 Å². The van der Waals surface area contributed by atoms with Crippen molar-refractivity contribution in [1.29, 1.82) is 0 Å². The van der Waals surface area contributed by atoms with Gasteiger partial charge in [0.15, 0.2) is 0 Å². The molecule has 2 heteroatoms. The molecule has 0 spiro atoms. The number of fused-ring (bicyclic) bond motifs is 3. The van der Waals surface area contributed by atoms with E-state index >= 15 is 0 Å². The Morgan fingerprint density at radius 3 is 3.00 bits per heavy atom. The van der Waals surface area contributed by atoms with Crippen LogP contribution in [0.1, 0.15) is 5.56 Å². The molecule has 0 aliphatic carbocycles. The van der Waals surface area contributed by atoms with Crippen LogP contribution >= 0.6 is 11.8 Å². The highest BCUT2D eigenvalue weighted by molar-refractivity contribution is 7.98. The number of nitrogens with zero attached hydrogens (tertiary/aromatic N) is 1. The minimum absolute atomic E-state index is 1.04. The van der Waals surface area contributed by atoms with Crippen LogP contribution in [-0.2, 0) is 5.75 Å². The first-order valence-electron chi connectivity index (χ1n) is 4.61. The van der Waals surface area contributed by atoms with Crippen molar-refractivity contribution in [3.05, 3.63) is 48.2 Å². The fourth-order valence-corrected chi connectivity index (χ4v) is 2.78. The van der Waals surface area contributed by atoms with E-state index in [1.165, 1.54) is 16.0 Å². The minimum atomic E-state index is 1.04. The maximum absolute atomic E-state index is 4.45. The number of pyridine rings is 1. The van der Waals surface area contributed by atoms with Gasteiger partial charge in [0, 0.05) is 22.4 Å². The summed E-state index contributed by atoms with van der Waals surface area (Å²) in [5, 5.41) is 0. The largest absolute Gasteiger partial charge is 0.256 e. The van der Waals surface area contributed by atoms with Crippen LogP contribution in [0.25, 0.3) is 11.3 Å². The molecule has 1 nitrogen and oxygen atoms in total. The molecule has 3 rings (SSSR count). The Balaban J connectivity index is 2.29. The second-order valence-electron chi connectivity index (χ2n) is 3.30. The number of rotatable bonds is 0. The van der Waals surface area contributed by atoms with Crippen LogP contribution in [-0.4, -0.2) is 4.98 Å². The Kier molecular flexibility index (Phi) is 1.81. The summed E-state index contributed by atoms with van der Waals surface area (Å²) in [6, 6.07) is 12.6. The molecule has 2 heterocycles. The van der Waals surface area contributed by atoms with Crippen LogP contribution in [0, 0.1) is 0 Å². The number of hydrogen-bond acceptors (Lipinski definition) is 2. The van der Waals surface area contributed by atoms with Crippen molar-refractivity contribution in [3.63, 3.8) is 0 Å². The average molecular weight is 199 g/mol. The highest BCUT2D eigenvalue weighted by Crippen LogP contribution is 2.39. The van der Waals surface area contributed by atoms with E-state index in [2.05, 4.69) is 35.3 Å². The molecule has 0 unspecified atom stereocenters. The van der Waals surface area contributed by atoms with Gasteiger partial charge in [-0.05, 0) is 17.7 Å². The molecule has 0 N–H and O–H groups in total. The van der Waals surface area contributed by atoms with Crippen LogP contribution in [0.5, 0.6) is 0 Å². The van der Waals surface area contributed by atoms with Crippen LogP contribution in [0.4, 0.5) is 0 Å². The first-order valence-corrected chi connectivity index (χ1v) is 5.60. The highest BCUT2D eigenvalue weighted by atomic mass is 32.2. The maximum Gasteiger partial charge on any atom is 0.0753 e. The van der Waals surface area contributed by atoms with Gasteiger partial charge in [0.1, 0.15) is 0 Å². The minimum Gasteiger partial charge on any atom is -0.256 e. The van der Waals surface area contributed by atoms with E-state index in [1.54, 1.807) is 0 Å². The Morgan fingerprint density at radius 1 is 1.07 bits per heavy atom. The first kappa shape index (κ1) is 8.06. The lowest BCUT2D eigenvalue weighted by atomic mass is 10.1. The summed E-state index contributed by atoms with van der Waals surface area (Å²) in [5.41, 5.74) is 3.78. The Morgan fingerprint density at radius 2 is 2.00 bits per heavy atom. The molecule has 0 fully saturated rings. The van der Waals surface area contributed by atoms with Crippen LogP contribution in [0.15, 0.2) is 47.5 Å². The molecule has 68 valence electrons. The molecule has 1 aromatic heterocycles.